The third-order valence-electron chi connectivity index (χ3n) is 3.27. The van der Waals surface area contributed by atoms with Crippen LogP contribution < -0.4 is 20.7 Å². The predicted octanol–water partition coefficient (Wildman–Crippen LogP) is -0.0201. The number of H-pyrrole nitrogens is 1. The van der Waals surface area contributed by atoms with Crippen LogP contribution in [0.4, 0.5) is 0 Å². The number of ketones is 1. The number of aromatic nitrogens is 2. The van der Waals surface area contributed by atoms with E-state index in [1.165, 1.54) is 32.5 Å². The topological polar surface area (TPSA) is 117 Å². The van der Waals surface area contributed by atoms with E-state index in [1.54, 1.807) is 6.07 Å². The van der Waals surface area contributed by atoms with Gasteiger partial charge < -0.3 is 14.2 Å². The highest BCUT2D eigenvalue weighted by atomic mass is 16.5. The zero-order valence-corrected chi connectivity index (χ0v) is 13.6. The number of methoxy groups -OCH3 is 2. The van der Waals surface area contributed by atoms with Crippen LogP contribution in [0.25, 0.3) is 0 Å². The molecule has 2 rings (SSSR count). The van der Waals surface area contributed by atoms with Crippen LogP contribution in [-0.4, -0.2) is 42.1 Å². The van der Waals surface area contributed by atoms with Gasteiger partial charge in [-0.25, -0.2) is 4.79 Å². The zero-order chi connectivity index (χ0) is 18.4. The van der Waals surface area contributed by atoms with Gasteiger partial charge in [-0.2, -0.15) is 0 Å². The van der Waals surface area contributed by atoms with Gasteiger partial charge in [0.25, 0.3) is 5.56 Å². The molecule has 0 unspecified atom stereocenters. The molecule has 0 bridgehead atoms. The summed E-state index contributed by atoms with van der Waals surface area (Å²) in [5.74, 6) is -0.390. The number of rotatable bonds is 7. The first-order chi connectivity index (χ1) is 11.9. The first-order valence-electron chi connectivity index (χ1n) is 7.15. The number of nitrogens with zero attached hydrogens (tertiary/aromatic N) is 1. The lowest BCUT2D eigenvalue weighted by Gasteiger charge is -2.09. The van der Waals surface area contributed by atoms with Crippen molar-refractivity contribution >= 4 is 11.8 Å². The normalized spacial score (nSPS) is 10.2. The smallest absolute Gasteiger partial charge is 0.328 e. The molecule has 0 fully saturated rings. The van der Waals surface area contributed by atoms with Crippen molar-refractivity contribution < 1.29 is 23.8 Å². The Morgan fingerprint density at radius 1 is 1.08 bits per heavy atom. The van der Waals surface area contributed by atoms with Crippen LogP contribution in [0.2, 0.25) is 0 Å². The molecule has 132 valence electrons. The SMILES string of the molecule is COc1ccc(C(=O)COC(=O)Cn2ccc(=O)[nH]c2=O)cc1OC. The average Bonchev–Trinajstić information content (AvgIpc) is 2.61. The highest BCUT2D eigenvalue weighted by Gasteiger charge is 2.14. The van der Waals surface area contributed by atoms with Gasteiger partial charge in [0.2, 0.25) is 0 Å². The molecule has 1 N–H and O–H groups in total. The van der Waals surface area contributed by atoms with Crippen molar-refractivity contribution in [1.29, 1.82) is 0 Å². The summed E-state index contributed by atoms with van der Waals surface area (Å²) in [6.07, 6.45) is 1.17. The Morgan fingerprint density at radius 3 is 2.44 bits per heavy atom. The monoisotopic (exact) mass is 348 g/mol. The van der Waals surface area contributed by atoms with Crippen molar-refractivity contribution in [2.24, 2.45) is 0 Å². The number of Topliss-reactive ketones (excluding diaryl/α,β-unsaturated/α-hetero) is 1. The number of esters is 1. The van der Waals surface area contributed by atoms with Gasteiger partial charge >= 0.3 is 11.7 Å². The van der Waals surface area contributed by atoms with Gasteiger partial charge in [0.05, 0.1) is 14.2 Å². The van der Waals surface area contributed by atoms with Crippen molar-refractivity contribution in [2.45, 2.75) is 6.54 Å². The summed E-state index contributed by atoms with van der Waals surface area (Å²) in [6, 6.07) is 5.66. The Bertz CT molecular complexity index is 898. The first kappa shape index (κ1) is 18.0. The number of carbonyl (C=O) groups excluding carboxylic acids is 2. The van der Waals surface area contributed by atoms with Gasteiger partial charge in [-0.3, -0.25) is 23.9 Å². The van der Waals surface area contributed by atoms with Crippen LogP contribution in [0.3, 0.4) is 0 Å². The summed E-state index contributed by atoms with van der Waals surface area (Å²) in [7, 11) is 2.91. The van der Waals surface area contributed by atoms with Crippen molar-refractivity contribution in [3.05, 3.63) is 56.9 Å². The minimum Gasteiger partial charge on any atom is -0.493 e. The van der Waals surface area contributed by atoms with Gasteiger partial charge in [0.15, 0.2) is 23.9 Å². The Kier molecular flexibility index (Phi) is 5.72. The number of hydrogen-bond acceptors (Lipinski definition) is 7. The predicted molar refractivity (Wildman–Crippen MR) is 86.2 cm³/mol. The van der Waals surface area contributed by atoms with E-state index < -0.39 is 36.2 Å². The van der Waals surface area contributed by atoms with E-state index in [0.29, 0.717) is 11.5 Å². The molecule has 0 amide bonds. The molecule has 0 aliphatic carbocycles. The molecule has 2 aromatic rings. The molecule has 0 radical (unpaired) electrons. The molecule has 25 heavy (non-hydrogen) atoms. The van der Waals surface area contributed by atoms with Crippen LogP contribution in [0.1, 0.15) is 10.4 Å². The van der Waals surface area contributed by atoms with Crippen LogP contribution in [0.5, 0.6) is 11.5 Å². The summed E-state index contributed by atoms with van der Waals surface area (Å²) >= 11 is 0. The Balaban J connectivity index is 1.98. The van der Waals surface area contributed by atoms with E-state index >= 15 is 0 Å². The molecule has 0 atom stereocenters. The number of nitrogens with one attached hydrogen (secondary N) is 1. The second-order valence-corrected chi connectivity index (χ2v) is 4.89. The lowest BCUT2D eigenvalue weighted by molar-refractivity contribution is -0.143. The molecule has 1 heterocycles. The fourth-order valence-corrected chi connectivity index (χ4v) is 1.99. The third-order valence-corrected chi connectivity index (χ3v) is 3.27. The van der Waals surface area contributed by atoms with Gasteiger partial charge in [0.1, 0.15) is 6.54 Å². The largest absolute Gasteiger partial charge is 0.493 e. The highest BCUT2D eigenvalue weighted by Crippen LogP contribution is 2.27. The van der Waals surface area contributed by atoms with Crippen molar-refractivity contribution in [3.8, 4) is 11.5 Å². The van der Waals surface area contributed by atoms with Gasteiger partial charge in [0, 0.05) is 17.8 Å². The molecule has 0 saturated heterocycles. The maximum atomic E-state index is 12.1. The quantitative estimate of drug-likeness (QED) is 0.552. The zero-order valence-electron chi connectivity index (χ0n) is 13.6. The lowest BCUT2D eigenvalue weighted by Crippen LogP contribution is -2.31. The molecule has 0 aliphatic heterocycles. The number of carbonyl (C=O) groups is 2. The van der Waals surface area contributed by atoms with E-state index in [0.717, 1.165) is 10.6 Å². The van der Waals surface area contributed by atoms with Gasteiger partial charge in [-0.05, 0) is 18.2 Å². The molecule has 9 heteroatoms. The lowest BCUT2D eigenvalue weighted by atomic mass is 10.1. The first-order valence-corrected chi connectivity index (χ1v) is 7.15. The molecular weight excluding hydrogens is 332 g/mol. The van der Waals surface area contributed by atoms with Crippen LogP contribution in [-0.2, 0) is 16.1 Å². The molecule has 0 spiro atoms. The second-order valence-electron chi connectivity index (χ2n) is 4.89. The fourth-order valence-electron chi connectivity index (χ4n) is 1.99. The second kappa shape index (κ2) is 7.95. The van der Waals surface area contributed by atoms with Crippen molar-refractivity contribution in [1.82, 2.24) is 9.55 Å². The molecular formula is C16H16N2O7. The molecule has 0 aliphatic rings. The van der Waals surface area contributed by atoms with Gasteiger partial charge in [-0.15, -0.1) is 0 Å². The summed E-state index contributed by atoms with van der Waals surface area (Å²) < 4.78 is 16.0. The maximum Gasteiger partial charge on any atom is 0.328 e. The molecule has 1 aromatic carbocycles. The highest BCUT2D eigenvalue weighted by molar-refractivity contribution is 5.98. The maximum absolute atomic E-state index is 12.1. The minimum atomic E-state index is -0.789. The molecule has 0 saturated carbocycles. The van der Waals surface area contributed by atoms with Crippen molar-refractivity contribution in [3.63, 3.8) is 0 Å². The van der Waals surface area contributed by atoms with E-state index in [2.05, 4.69) is 0 Å². The average molecular weight is 348 g/mol. The number of ether oxygens (including phenoxy) is 3. The molecule has 1 aromatic heterocycles. The summed E-state index contributed by atoms with van der Waals surface area (Å²) in [5.41, 5.74) is -1.03. The van der Waals surface area contributed by atoms with Crippen LogP contribution in [0.15, 0.2) is 40.1 Å². The van der Waals surface area contributed by atoms with E-state index in [9.17, 15) is 19.2 Å². The standard InChI is InChI=1S/C16H16N2O7/c1-23-12-4-3-10(7-13(12)24-2)11(19)9-25-15(21)8-18-6-5-14(20)17-16(18)22/h3-7H,8-9H2,1-2H3,(H,17,20,22). The summed E-state index contributed by atoms with van der Waals surface area (Å²) in [4.78, 5) is 48.3. The van der Waals surface area contributed by atoms with E-state index in [4.69, 9.17) is 14.2 Å². The van der Waals surface area contributed by atoms with Gasteiger partial charge in [-0.1, -0.05) is 0 Å². The Morgan fingerprint density at radius 2 is 1.80 bits per heavy atom. The van der Waals surface area contributed by atoms with Crippen LogP contribution in [0, 0.1) is 0 Å². The van der Waals surface area contributed by atoms with Crippen molar-refractivity contribution in [2.75, 3.05) is 20.8 Å². The van der Waals surface area contributed by atoms with E-state index in [1.807, 2.05) is 4.98 Å². The van der Waals surface area contributed by atoms with Crippen LogP contribution >= 0.6 is 0 Å². The number of aromatic amines is 1. The Labute approximate surface area is 141 Å². The number of hydrogen-bond donors (Lipinski definition) is 1. The van der Waals surface area contributed by atoms with E-state index in [-0.39, 0.29) is 5.56 Å². The summed E-state index contributed by atoms with van der Waals surface area (Å²) in [5, 5.41) is 0. The molecule has 9 nitrogen and oxygen atoms in total. The summed E-state index contributed by atoms with van der Waals surface area (Å²) in [6.45, 7) is -0.915. The number of benzene rings is 1. The fraction of sp³-hybridized carbons (Fsp3) is 0.250. The Hall–Kier alpha value is -3.36. The third kappa shape index (κ3) is 4.56. The minimum absolute atomic E-state index is 0.284.